The van der Waals surface area contributed by atoms with Crippen LogP contribution in [0.15, 0.2) is 24.3 Å². The van der Waals surface area contributed by atoms with Gasteiger partial charge >= 0.3 is 12.1 Å². The molecule has 38 heavy (non-hydrogen) atoms. The highest BCUT2D eigenvalue weighted by molar-refractivity contribution is 5.89. The summed E-state index contributed by atoms with van der Waals surface area (Å²) in [4.78, 5) is 38.4. The number of nitrogens with zero attached hydrogens (tertiary/aromatic N) is 4. The van der Waals surface area contributed by atoms with E-state index in [4.69, 9.17) is 14.7 Å². The van der Waals surface area contributed by atoms with Crippen LogP contribution >= 0.6 is 0 Å². The number of anilines is 2. The fourth-order valence-electron chi connectivity index (χ4n) is 5.33. The number of hydrogen-bond acceptors (Lipinski definition) is 6. The molecule has 0 spiro atoms. The minimum absolute atomic E-state index is 0.0932. The molecule has 10 nitrogen and oxygen atoms in total. The summed E-state index contributed by atoms with van der Waals surface area (Å²) in [5.41, 5.74) is 2.11. The lowest BCUT2D eigenvalue weighted by Crippen LogP contribution is -2.54. The lowest BCUT2D eigenvalue weighted by atomic mass is 9.70. The lowest BCUT2D eigenvalue weighted by Gasteiger charge is -2.49. The average molecular weight is 525 g/mol. The number of benzene rings is 1. The minimum Gasteiger partial charge on any atom is -0.465 e. The molecule has 2 aliphatic heterocycles. The molecule has 0 radical (unpaired) electrons. The Kier molecular flexibility index (Phi) is 7.56. The smallest absolute Gasteiger partial charge is 0.408 e. The average Bonchev–Trinajstić information content (AvgIpc) is 2.83. The Morgan fingerprint density at radius 2 is 1.87 bits per heavy atom. The van der Waals surface area contributed by atoms with Gasteiger partial charge in [0.2, 0.25) is 0 Å². The van der Waals surface area contributed by atoms with Crippen LogP contribution in [-0.4, -0.2) is 71.0 Å². The first kappa shape index (κ1) is 27.6. The number of hydrogen-bond donors (Lipinski definition) is 3. The van der Waals surface area contributed by atoms with Gasteiger partial charge in [-0.05, 0) is 57.4 Å². The van der Waals surface area contributed by atoms with E-state index in [2.05, 4.69) is 43.2 Å². The molecule has 2 atom stereocenters. The Morgan fingerprint density at radius 1 is 1.18 bits per heavy atom. The summed E-state index contributed by atoms with van der Waals surface area (Å²) in [5, 5.41) is 15.7. The van der Waals surface area contributed by atoms with Crippen molar-refractivity contribution in [2.45, 2.75) is 66.0 Å². The number of carbonyl (C=O) groups is 2. The molecular formula is C28H40N6O4. The summed E-state index contributed by atoms with van der Waals surface area (Å²) in [6.45, 7) is 17.0. The van der Waals surface area contributed by atoms with Crippen molar-refractivity contribution in [3.05, 3.63) is 35.5 Å². The molecule has 2 aromatic rings. The number of amides is 3. The zero-order valence-electron chi connectivity index (χ0n) is 23.5. The second kappa shape index (κ2) is 10.4. The zero-order valence-corrected chi connectivity index (χ0v) is 23.5. The number of nitrogens with one attached hydrogen (secondary N) is 2. The second-order valence-corrected chi connectivity index (χ2v) is 11.7. The molecule has 1 saturated heterocycles. The zero-order chi connectivity index (χ0) is 27.8. The number of aromatic nitrogens is 2. The van der Waals surface area contributed by atoms with Gasteiger partial charge < -0.3 is 25.4 Å². The normalized spacial score (nSPS) is 21.0. The monoisotopic (exact) mass is 524 g/mol. The summed E-state index contributed by atoms with van der Waals surface area (Å²) in [5.74, 6) is 1.28. The Morgan fingerprint density at radius 3 is 2.45 bits per heavy atom. The Bertz CT molecular complexity index is 1190. The Labute approximate surface area is 224 Å². The van der Waals surface area contributed by atoms with E-state index in [0.29, 0.717) is 44.4 Å². The highest BCUT2D eigenvalue weighted by Crippen LogP contribution is 2.50. The third-order valence-electron chi connectivity index (χ3n) is 7.55. The van der Waals surface area contributed by atoms with Crippen LogP contribution in [0.25, 0.3) is 11.4 Å². The van der Waals surface area contributed by atoms with Crippen molar-refractivity contribution >= 4 is 23.6 Å². The first-order valence-corrected chi connectivity index (χ1v) is 13.3. The van der Waals surface area contributed by atoms with Gasteiger partial charge in [-0.2, -0.15) is 0 Å². The summed E-state index contributed by atoms with van der Waals surface area (Å²) < 4.78 is 5.73. The SMILES string of the molecule is CCNC(=O)Nc1ccc(-c2nc(N3CCOCC3C)c3c(n2)C(C)(C)N(C(=O)O)C[C@H]3C(C)(C)C)cc1. The van der Waals surface area contributed by atoms with Gasteiger partial charge in [0.1, 0.15) is 5.82 Å². The molecule has 0 aliphatic carbocycles. The first-order chi connectivity index (χ1) is 17.8. The fourth-order valence-corrected chi connectivity index (χ4v) is 5.33. The molecule has 1 unspecified atom stereocenters. The minimum atomic E-state index is -0.961. The Hall–Kier alpha value is -3.40. The standard InChI is InChI=1S/C28H40N6O4/c1-8-29-25(35)30-19-11-9-18(10-12-19)23-31-22-21(24(32-23)33-13-14-38-16-17(33)2)20(27(3,4)5)15-34(26(36)37)28(22,6)7/h9-12,17,20H,8,13-16H2,1-7H3,(H,36,37)(H2,29,30,35)/t17?,20-/m1/s1. The van der Waals surface area contributed by atoms with Crippen molar-refractivity contribution in [1.29, 1.82) is 0 Å². The molecule has 10 heteroatoms. The predicted octanol–water partition coefficient (Wildman–Crippen LogP) is 4.87. The van der Waals surface area contributed by atoms with Crippen LogP contribution in [0, 0.1) is 5.41 Å². The van der Waals surface area contributed by atoms with Crippen molar-refractivity contribution in [1.82, 2.24) is 20.2 Å². The van der Waals surface area contributed by atoms with Crippen LogP contribution < -0.4 is 15.5 Å². The Balaban J connectivity index is 1.90. The van der Waals surface area contributed by atoms with Crippen LogP contribution in [0.2, 0.25) is 0 Å². The van der Waals surface area contributed by atoms with Gasteiger partial charge in [0.15, 0.2) is 5.82 Å². The number of fused-ring (bicyclic) bond motifs is 1. The third kappa shape index (κ3) is 5.27. The van der Waals surface area contributed by atoms with Crippen molar-refractivity contribution in [3.8, 4) is 11.4 Å². The summed E-state index contributed by atoms with van der Waals surface area (Å²) >= 11 is 0. The van der Waals surface area contributed by atoms with E-state index in [1.807, 2.05) is 45.0 Å². The summed E-state index contributed by atoms with van der Waals surface area (Å²) in [6.07, 6.45) is -0.961. The van der Waals surface area contributed by atoms with E-state index in [1.54, 1.807) is 0 Å². The van der Waals surface area contributed by atoms with Crippen LogP contribution in [0.4, 0.5) is 21.1 Å². The van der Waals surface area contributed by atoms with Crippen LogP contribution in [-0.2, 0) is 10.3 Å². The maximum absolute atomic E-state index is 12.4. The van der Waals surface area contributed by atoms with Crippen LogP contribution in [0.5, 0.6) is 0 Å². The summed E-state index contributed by atoms with van der Waals surface area (Å²) in [6, 6.07) is 7.23. The molecule has 1 aromatic carbocycles. The molecule has 0 bridgehead atoms. The fraction of sp³-hybridized carbons (Fsp3) is 0.571. The largest absolute Gasteiger partial charge is 0.465 e. The van der Waals surface area contributed by atoms with Crippen LogP contribution in [0.1, 0.15) is 65.6 Å². The van der Waals surface area contributed by atoms with Crippen molar-refractivity contribution in [3.63, 3.8) is 0 Å². The highest BCUT2D eigenvalue weighted by Gasteiger charge is 2.48. The molecule has 3 heterocycles. The maximum atomic E-state index is 12.4. The second-order valence-electron chi connectivity index (χ2n) is 11.7. The van der Waals surface area contributed by atoms with E-state index in [0.717, 1.165) is 22.6 Å². The van der Waals surface area contributed by atoms with Crippen molar-refractivity contribution in [2.24, 2.45) is 5.41 Å². The number of carboxylic acid groups (broad SMARTS) is 1. The van der Waals surface area contributed by atoms with Crippen molar-refractivity contribution in [2.75, 3.05) is 43.1 Å². The highest BCUT2D eigenvalue weighted by atomic mass is 16.5. The van der Waals surface area contributed by atoms with Gasteiger partial charge in [-0.1, -0.05) is 20.8 Å². The van der Waals surface area contributed by atoms with Gasteiger partial charge in [-0.3, -0.25) is 4.90 Å². The molecule has 3 N–H and O–H groups in total. The van der Waals surface area contributed by atoms with E-state index >= 15 is 0 Å². The number of ether oxygens (including phenoxy) is 1. The molecule has 0 saturated carbocycles. The molecular weight excluding hydrogens is 484 g/mol. The van der Waals surface area contributed by atoms with Gasteiger partial charge in [-0.15, -0.1) is 0 Å². The molecule has 1 fully saturated rings. The van der Waals surface area contributed by atoms with Gasteiger partial charge in [0.05, 0.1) is 30.5 Å². The quantitative estimate of drug-likeness (QED) is 0.522. The number of morpholine rings is 1. The van der Waals surface area contributed by atoms with Gasteiger partial charge in [0, 0.05) is 42.4 Å². The third-order valence-corrected chi connectivity index (χ3v) is 7.55. The van der Waals surface area contributed by atoms with Crippen molar-refractivity contribution < 1.29 is 19.4 Å². The van der Waals surface area contributed by atoms with Crippen LogP contribution in [0.3, 0.4) is 0 Å². The number of carbonyl (C=O) groups excluding carboxylic acids is 1. The van der Waals surface area contributed by atoms with E-state index in [1.165, 1.54) is 4.90 Å². The van der Waals surface area contributed by atoms with Gasteiger partial charge in [-0.25, -0.2) is 19.6 Å². The molecule has 3 amide bonds. The van der Waals surface area contributed by atoms with E-state index in [-0.39, 0.29) is 23.4 Å². The molecule has 2 aliphatic rings. The number of urea groups is 1. The van der Waals surface area contributed by atoms with E-state index in [9.17, 15) is 14.7 Å². The van der Waals surface area contributed by atoms with E-state index < -0.39 is 11.6 Å². The van der Waals surface area contributed by atoms with Gasteiger partial charge in [0.25, 0.3) is 0 Å². The topological polar surface area (TPSA) is 120 Å². The molecule has 206 valence electrons. The maximum Gasteiger partial charge on any atom is 0.408 e. The first-order valence-electron chi connectivity index (χ1n) is 13.3. The lowest BCUT2D eigenvalue weighted by molar-refractivity contribution is 0.0598. The molecule has 4 rings (SSSR count). The molecule has 1 aromatic heterocycles. The predicted molar refractivity (Wildman–Crippen MR) is 148 cm³/mol. The summed E-state index contributed by atoms with van der Waals surface area (Å²) in [7, 11) is 0. The number of rotatable bonds is 4.